The fourth-order valence-corrected chi connectivity index (χ4v) is 1.54. The van der Waals surface area contributed by atoms with Crippen LogP contribution in [0.15, 0.2) is 36.7 Å². The second kappa shape index (κ2) is 5.35. The van der Waals surface area contributed by atoms with Crippen molar-refractivity contribution in [2.24, 2.45) is 0 Å². The monoisotopic (exact) mass is 276 g/mol. The molecule has 1 amide bonds. The Bertz CT molecular complexity index is 688. The molecular weight excluding hydrogens is 267 g/mol. The summed E-state index contributed by atoms with van der Waals surface area (Å²) >= 11 is 0. The Kier molecular flexibility index (Phi) is 3.60. The molecule has 0 aliphatic rings. The van der Waals surface area contributed by atoms with Gasteiger partial charge in [-0.1, -0.05) is 0 Å². The van der Waals surface area contributed by atoms with E-state index in [1.165, 1.54) is 18.3 Å². The number of aromatic carboxylic acids is 1. The van der Waals surface area contributed by atoms with Crippen LogP contribution >= 0.6 is 0 Å². The van der Waals surface area contributed by atoms with E-state index in [1.807, 2.05) is 0 Å². The number of nitrogens with one attached hydrogen (secondary N) is 1. The summed E-state index contributed by atoms with van der Waals surface area (Å²) in [6.45, 7) is 0. The Labute approximate surface area is 112 Å². The summed E-state index contributed by atoms with van der Waals surface area (Å²) in [5.74, 6) is -3.33. The van der Waals surface area contributed by atoms with Gasteiger partial charge in [-0.05, 0) is 24.3 Å². The van der Waals surface area contributed by atoms with Crippen molar-refractivity contribution in [1.29, 1.82) is 0 Å². The molecule has 6 nitrogen and oxygen atoms in total. The number of aromatic nitrogens is 1. The highest BCUT2D eigenvalue weighted by Crippen LogP contribution is 2.18. The molecule has 0 spiro atoms. The highest BCUT2D eigenvalue weighted by atomic mass is 19.1. The quantitative estimate of drug-likeness (QED) is 0.794. The minimum atomic E-state index is -1.40. The lowest BCUT2D eigenvalue weighted by atomic mass is 10.2. The topological polar surface area (TPSA) is 99.5 Å². The van der Waals surface area contributed by atoms with E-state index < -0.39 is 23.3 Å². The van der Waals surface area contributed by atoms with Gasteiger partial charge in [-0.25, -0.2) is 9.18 Å². The van der Waals surface area contributed by atoms with Crippen LogP contribution in [0.2, 0.25) is 0 Å². The summed E-state index contributed by atoms with van der Waals surface area (Å²) < 4.78 is 13.4. The summed E-state index contributed by atoms with van der Waals surface area (Å²) in [6.07, 6.45) is 2.42. The summed E-state index contributed by atoms with van der Waals surface area (Å²) in [4.78, 5) is 26.1. The number of carboxylic acid groups (broad SMARTS) is 1. The molecule has 1 aromatic carbocycles. The fourth-order valence-electron chi connectivity index (χ4n) is 1.54. The van der Waals surface area contributed by atoms with Gasteiger partial charge in [0.2, 0.25) is 0 Å². The molecule has 1 aromatic heterocycles. The Morgan fingerprint density at radius 2 is 1.95 bits per heavy atom. The zero-order valence-corrected chi connectivity index (χ0v) is 10.0. The Morgan fingerprint density at radius 1 is 1.20 bits per heavy atom. The van der Waals surface area contributed by atoms with Crippen LogP contribution in [0.3, 0.4) is 0 Å². The van der Waals surface area contributed by atoms with Crippen molar-refractivity contribution in [3.63, 3.8) is 0 Å². The smallest absolute Gasteiger partial charge is 0.338 e. The van der Waals surface area contributed by atoms with Crippen LogP contribution in [0, 0.1) is 5.82 Å². The van der Waals surface area contributed by atoms with Gasteiger partial charge in [0.15, 0.2) is 0 Å². The number of amides is 1. The lowest BCUT2D eigenvalue weighted by Crippen LogP contribution is -2.13. The molecule has 0 aliphatic carbocycles. The third kappa shape index (κ3) is 2.72. The van der Waals surface area contributed by atoms with Gasteiger partial charge >= 0.3 is 5.97 Å². The number of carbonyl (C=O) groups excluding carboxylic acids is 1. The molecule has 0 radical (unpaired) electrons. The first-order valence-corrected chi connectivity index (χ1v) is 5.46. The zero-order valence-electron chi connectivity index (χ0n) is 10.0. The molecule has 0 aliphatic heterocycles. The van der Waals surface area contributed by atoms with Crippen LogP contribution < -0.4 is 5.32 Å². The normalized spacial score (nSPS) is 10.1. The molecule has 0 atom stereocenters. The van der Waals surface area contributed by atoms with Gasteiger partial charge in [-0.3, -0.25) is 9.78 Å². The number of carboxylic acids is 1. The Balaban J connectivity index is 2.23. The molecule has 0 unspecified atom stereocenters. The largest absolute Gasteiger partial charge is 0.505 e. The van der Waals surface area contributed by atoms with Crippen LogP contribution in [0.25, 0.3) is 0 Å². The molecule has 3 N–H and O–H groups in total. The number of hydrogen-bond donors (Lipinski definition) is 3. The number of rotatable bonds is 3. The molecule has 2 rings (SSSR count). The van der Waals surface area contributed by atoms with Gasteiger partial charge in [-0.15, -0.1) is 0 Å². The lowest BCUT2D eigenvalue weighted by molar-refractivity contribution is 0.0691. The van der Waals surface area contributed by atoms with Gasteiger partial charge in [0.1, 0.15) is 11.6 Å². The summed E-state index contributed by atoms with van der Waals surface area (Å²) in [7, 11) is 0. The second-order valence-corrected chi connectivity index (χ2v) is 3.85. The van der Waals surface area contributed by atoms with E-state index in [1.54, 1.807) is 0 Å². The molecule has 0 saturated carbocycles. The summed E-state index contributed by atoms with van der Waals surface area (Å²) in [5.41, 5.74) is -0.439. The van der Waals surface area contributed by atoms with Crippen LogP contribution in [0.1, 0.15) is 20.7 Å². The summed E-state index contributed by atoms with van der Waals surface area (Å²) in [6, 6.07) is 4.48. The number of aromatic hydroxyl groups is 1. The molecule has 0 fully saturated rings. The number of anilines is 1. The molecule has 0 bridgehead atoms. The number of nitrogens with zero attached hydrogens (tertiary/aromatic N) is 1. The maximum absolute atomic E-state index is 13.4. The van der Waals surface area contributed by atoms with Crippen molar-refractivity contribution < 1.29 is 24.2 Å². The SMILES string of the molecule is O=C(Nc1ccc(C(=O)O)c(F)c1)c1ccncc1O. The molecule has 7 heteroatoms. The predicted octanol–water partition coefficient (Wildman–Crippen LogP) is 1.88. The van der Waals surface area contributed by atoms with Gasteiger partial charge < -0.3 is 15.5 Å². The molecular formula is C13H9FN2O4. The highest BCUT2D eigenvalue weighted by Gasteiger charge is 2.14. The van der Waals surface area contributed by atoms with Crippen molar-refractivity contribution in [3.8, 4) is 5.75 Å². The van der Waals surface area contributed by atoms with E-state index in [0.717, 1.165) is 18.3 Å². The number of benzene rings is 1. The number of pyridine rings is 1. The minimum Gasteiger partial charge on any atom is -0.505 e. The van der Waals surface area contributed by atoms with Gasteiger partial charge in [0, 0.05) is 11.9 Å². The maximum atomic E-state index is 13.4. The molecule has 102 valence electrons. The fraction of sp³-hybridized carbons (Fsp3) is 0. The van der Waals surface area contributed by atoms with E-state index >= 15 is 0 Å². The number of hydrogen-bond acceptors (Lipinski definition) is 4. The van der Waals surface area contributed by atoms with Crippen molar-refractivity contribution in [1.82, 2.24) is 4.98 Å². The maximum Gasteiger partial charge on any atom is 0.338 e. The van der Waals surface area contributed by atoms with Crippen LogP contribution in [-0.2, 0) is 0 Å². The highest BCUT2D eigenvalue weighted by molar-refractivity contribution is 6.06. The summed E-state index contributed by atoms with van der Waals surface area (Å²) in [5, 5.41) is 20.5. The molecule has 1 heterocycles. The van der Waals surface area contributed by atoms with E-state index in [9.17, 15) is 19.1 Å². The van der Waals surface area contributed by atoms with Crippen LogP contribution in [-0.4, -0.2) is 27.1 Å². The molecule has 0 saturated heterocycles. The molecule has 2 aromatic rings. The van der Waals surface area contributed by atoms with Crippen molar-refractivity contribution in [3.05, 3.63) is 53.6 Å². The van der Waals surface area contributed by atoms with Crippen molar-refractivity contribution in [2.45, 2.75) is 0 Å². The Morgan fingerprint density at radius 3 is 2.55 bits per heavy atom. The molecule has 20 heavy (non-hydrogen) atoms. The first kappa shape index (κ1) is 13.5. The predicted molar refractivity (Wildman–Crippen MR) is 67.2 cm³/mol. The van der Waals surface area contributed by atoms with Gasteiger partial charge in [0.25, 0.3) is 5.91 Å². The third-order valence-electron chi connectivity index (χ3n) is 2.50. The number of halogens is 1. The average molecular weight is 276 g/mol. The first-order valence-electron chi connectivity index (χ1n) is 5.46. The van der Waals surface area contributed by atoms with Gasteiger partial charge in [0.05, 0.1) is 17.3 Å². The average Bonchev–Trinajstić information content (AvgIpc) is 2.38. The van der Waals surface area contributed by atoms with Crippen LogP contribution in [0.5, 0.6) is 5.75 Å². The van der Waals surface area contributed by atoms with Crippen molar-refractivity contribution in [2.75, 3.05) is 5.32 Å². The van der Waals surface area contributed by atoms with Crippen LogP contribution in [0.4, 0.5) is 10.1 Å². The third-order valence-corrected chi connectivity index (χ3v) is 2.50. The number of carbonyl (C=O) groups is 2. The standard InChI is InChI=1S/C13H9FN2O4/c14-10-5-7(1-2-8(10)13(19)20)16-12(18)9-3-4-15-6-11(9)17/h1-6,17H,(H,16,18)(H,19,20). The first-order chi connectivity index (χ1) is 9.49. The lowest BCUT2D eigenvalue weighted by Gasteiger charge is -2.07. The zero-order chi connectivity index (χ0) is 14.7. The van der Waals surface area contributed by atoms with E-state index in [4.69, 9.17) is 5.11 Å². The minimum absolute atomic E-state index is 0.0253. The second-order valence-electron chi connectivity index (χ2n) is 3.85. The van der Waals surface area contributed by atoms with E-state index in [-0.39, 0.29) is 17.0 Å². The Hall–Kier alpha value is -2.96. The van der Waals surface area contributed by atoms with E-state index in [2.05, 4.69) is 10.3 Å². The van der Waals surface area contributed by atoms with Gasteiger partial charge in [-0.2, -0.15) is 0 Å². The van der Waals surface area contributed by atoms with E-state index in [0.29, 0.717) is 0 Å². The van der Waals surface area contributed by atoms with Crippen molar-refractivity contribution >= 4 is 17.6 Å².